The van der Waals surface area contributed by atoms with Crippen molar-refractivity contribution in [1.29, 1.82) is 0 Å². The lowest BCUT2D eigenvalue weighted by molar-refractivity contribution is -0.116. The van der Waals surface area contributed by atoms with Crippen LogP contribution in [0.25, 0.3) is 11.3 Å². The summed E-state index contributed by atoms with van der Waals surface area (Å²) in [4.78, 5) is 12.1. The van der Waals surface area contributed by atoms with E-state index in [1.165, 1.54) is 30.7 Å². The molecule has 0 spiro atoms. The monoisotopic (exact) mass is 434 g/mol. The summed E-state index contributed by atoms with van der Waals surface area (Å²) in [5, 5.41) is 8.61. The van der Waals surface area contributed by atoms with Crippen LogP contribution in [0.4, 0.5) is 10.1 Å². The molecule has 1 amide bonds. The fourth-order valence-electron chi connectivity index (χ4n) is 2.61. The molecular weight excluding hydrogens is 415 g/mol. The maximum absolute atomic E-state index is 13.0. The second kappa shape index (κ2) is 9.21. The first kappa shape index (κ1) is 21.0. The molecule has 29 heavy (non-hydrogen) atoms. The number of amides is 1. The van der Waals surface area contributed by atoms with Gasteiger partial charge < -0.3 is 5.32 Å². The van der Waals surface area contributed by atoms with Crippen LogP contribution in [0.15, 0.2) is 58.8 Å². The molecule has 0 fully saturated rings. The van der Waals surface area contributed by atoms with Crippen LogP contribution in [0, 0.1) is 5.82 Å². The van der Waals surface area contributed by atoms with Gasteiger partial charge in [-0.15, -0.1) is 5.10 Å². The number of rotatable bonds is 8. The van der Waals surface area contributed by atoms with Gasteiger partial charge in [0, 0.05) is 36.6 Å². The van der Waals surface area contributed by atoms with E-state index in [2.05, 4.69) is 14.9 Å². The van der Waals surface area contributed by atoms with Gasteiger partial charge >= 0.3 is 0 Å². The molecule has 3 rings (SSSR count). The fourth-order valence-corrected chi connectivity index (χ4v) is 4.28. The Morgan fingerprint density at radius 1 is 1.14 bits per heavy atom. The number of benzene rings is 2. The van der Waals surface area contributed by atoms with Gasteiger partial charge in [0.1, 0.15) is 11.5 Å². The summed E-state index contributed by atoms with van der Waals surface area (Å²) in [6, 6.07) is 11.9. The summed E-state index contributed by atoms with van der Waals surface area (Å²) in [7, 11) is -2.28. The number of carbonyl (C=O) groups is 1. The summed E-state index contributed by atoms with van der Waals surface area (Å²) in [5.41, 5.74) is 2.33. The number of anilines is 1. The smallest absolute Gasteiger partial charge is 0.242 e. The van der Waals surface area contributed by atoms with Gasteiger partial charge in [0.15, 0.2) is 0 Å². The predicted octanol–water partition coefficient (Wildman–Crippen LogP) is 3.38. The van der Waals surface area contributed by atoms with E-state index >= 15 is 0 Å². The lowest BCUT2D eigenvalue weighted by Gasteiger charge is -2.17. The first-order chi connectivity index (χ1) is 13.9. The van der Waals surface area contributed by atoms with E-state index in [1.807, 2.05) is 17.5 Å². The average molecular weight is 435 g/mol. The Hall–Kier alpha value is -2.69. The highest BCUT2D eigenvalue weighted by Crippen LogP contribution is 2.20. The van der Waals surface area contributed by atoms with Crippen LogP contribution >= 0.6 is 11.5 Å². The van der Waals surface area contributed by atoms with Gasteiger partial charge in [-0.3, -0.25) is 4.79 Å². The van der Waals surface area contributed by atoms with Crippen molar-refractivity contribution in [2.75, 3.05) is 18.9 Å². The molecule has 0 radical (unpaired) electrons. The van der Waals surface area contributed by atoms with Crippen molar-refractivity contribution in [2.24, 2.45) is 0 Å². The van der Waals surface area contributed by atoms with Crippen LogP contribution in [-0.2, 0) is 14.8 Å². The summed E-state index contributed by atoms with van der Waals surface area (Å²) >= 11 is 1.27. The van der Waals surface area contributed by atoms with E-state index in [1.54, 1.807) is 12.1 Å². The van der Waals surface area contributed by atoms with Gasteiger partial charge in [-0.2, -0.15) is 0 Å². The lowest BCUT2D eigenvalue weighted by Crippen LogP contribution is -2.28. The topological polar surface area (TPSA) is 92.3 Å². The molecule has 2 aromatic carbocycles. The van der Waals surface area contributed by atoms with E-state index in [-0.39, 0.29) is 23.8 Å². The van der Waals surface area contributed by atoms with Crippen molar-refractivity contribution >= 4 is 33.2 Å². The molecule has 3 aromatic rings. The van der Waals surface area contributed by atoms with E-state index in [4.69, 9.17) is 0 Å². The Bertz CT molecular complexity index is 1050. The van der Waals surface area contributed by atoms with Gasteiger partial charge in [-0.05, 0) is 54.4 Å². The molecule has 0 aliphatic rings. The van der Waals surface area contributed by atoms with E-state index in [0.717, 1.165) is 27.7 Å². The zero-order chi connectivity index (χ0) is 20.9. The molecule has 0 unspecified atom stereocenters. The maximum Gasteiger partial charge on any atom is 0.242 e. The third kappa shape index (κ3) is 5.43. The van der Waals surface area contributed by atoms with Crippen molar-refractivity contribution in [1.82, 2.24) is 13.9 Å². The molecule has 7 nitrogen and oxygen atoms in total. The molecule has 1 heterocycles. The minimum absolute atomic E-state index is 0.0150. The average Bonchev–Trinajstić information content (AvgIpc) is 3.23. The minimum Gasteiger partial charge on any atom is -0.326 e. The first-order valence-corrected chi connectivity index (χ1v) is 11.0. The van der Waals surface area contributed by atoms with Crippen LogP contribution in [0.3, 0.4) is 0 Å². The zero-order valence-electron chi connectivity index (χ0n) is 15.6. The normalized spacial score (nSPS) is 11.6. The molecule has 0 aliphatic carbocycles. The molecular formula is C19H19FN4O3S2. The number of nitrogens with zero attached hydrogens (tertiary/aromatic N) is 3. The van der Waals surface area contributed by atoms with Gasteiger partial charge in [-0.1, -0.05) is 16.6 Å². The van der Waals surface area contributed by atoms with E-state index < -0.39 is 15.8 Å². The third-order valence-electron chi connectivity index (χ3n) is 4.22. The molecule has 1 N–H and O–H groups in total. The number of carbonyl (C=O) groups excluding carboxylic acids is 1. The first-order valence-electron chi connectivity index (χ1n) is 8.75. The Labute approximate surface area is 172 Å². The van der Waals surface area contributed by atoms with Crippen LogP contribution in [-0.4, -0.2) is 41.8 Å². The second-order valence-corrected chi connectivity index (χ2v) is 8.95. The molecule has 152 valence electrons. The molecule has 0 aliphatic heterocycles. The third-order valence-corrected chi connectivity index (χ3v) is 6.60. The summed E-state index contributed by atoms with van der Waals surface area (Å²) < 4.78 is 42.8. The number of hydrogen-bond donors (Lipinski definition) is 1. The largest absolute Gasteiger partial charge is 0.326 e. The fraction of sp³-hybridized carbons (Fsp3) is 0.211. The Morgan fingerprint density at radius 2 is 1.83 bits per heavy atom. The van der Waals surface area contributed by atoms with E-state index in [0.29, 0.717) is 12.1 Å². The number of sulfonamides is 1. The highest BCUT2D eigenvalue weighted by molar-refractivity contribution is 7.89. The van der Waals surface area contributed by atoms with Crippen LogP contribution in [0.1, 0.15) is 12.8 Å². The van der Waals surface area contributed by atoms with Gasteiger partial charge in [-0.25, -0.2) is 17.1 Å². The quantitative estimate of drug-likeness (QED) is 0.587. The van der Waals surface area contributed by atoms with Gasteiger partial charge in [0.2, 0.25) is 15.9 Å². The maximum atomic E-state index is 13.0. The molecule has 0 saturated carbocycles. The van der Waals surface area contributed by atoms with Crippen molar-refractivity contribution < 1.29 is 17.6 Å². The molecule has 0 saturated heterocycles. The summed E-state index contributed by atoms with van der Waals surface area (Å²) in [5.74, 6) is -0.708. The minimum atomic E-state index is -3.71. The Balaban J connectivity index is 1.48. The van der Waals surface area contributed by atoms with Crippen molar-refractivity contribution in [3.8, 4) is 11.3 Å². The van der Waals surface area contributed by atoms with Gasteiger partial charge in [0.25, 0.3) is 0 Å². The predicted molar refractivity (Wildman–Crippen MR) is 109 cm³/mol. The summed E-state index contributed by atoms with van der Waals surface area (Å²) in [6.07, 6.45) is 0.520. The van der Waals surface area contributed by atoms with E-state index in [9.17, 15) is 17.6 Å². The number of aromatic nitrogens is 2. The second-order valence-electron chi connectivity index (χ2n) is 6.30. The molecule has 1 aromatic heterocycles. The van der Waals surface area contributed by atoms with Crippen LogP contribution in [0.5, 0.6) is 0 Å². The van der Waals surface area contributed by atoms with Gasteiger partial charge in [0.05, 0.1) is 4.90 Å². The Morgan fingerprint density at radius 3 is 2.45 bits per heavy atom. The Kier molecular flexibility index (Phi) is 6.68. The molecule has 10 heteroatoms. The zero-order valence-corrected chi connectivity index (χ0v) is 17.2. The van der Waals surface area contributed by atoms with Crippen molar-refractivity contribution in [3.05, 3.63) is 59.7 Å². The summed E-state index contributed by atoms with van der Waals surface area (Å²) in [6.45, 7) is 0.170. The van der Waals surface area contributed by atoms with Crippen LogP contribution < -0.4 is 5.32 Å². The highest BCUT2D eigenvalue weighted by atomic mass is 32.2. The molecule has 0 bridgehead atoms. The van der Waals surface area contributed by atoms with Crippen molar-refractivity contribution in [3.63, 3.8) is 0 Å². The molecule has 0 atom stereocenters. The standard InChI is InChI=1S/C19H19FN4O3S2/c1-24(29(26,27)17-10-6-15(20)7-11-17)12-2-3-19(25)21-16-8-4-14(5-9-16)18-13-28-23-22-18/h4-11,13H,2-3,12H2,1H3,(H,21,25). The SMILES string of the molecule is CN(CCCC(=O)Nc1ccc(-c2csnn2)cc1)S(=O)(=O)c1ccc(F)cc1. The number of hydrogen-bond acceptors (Lipinski definition) is 6. The van der Waals surface area contributed by atoms with Crippen LogP contribution in [0.2, 0.25) is 0 Å². The lowest BCUT2D eigenvalue weighted by atomic mass is 10.1. The highest BCUT2D eigenvalue weighted by Gasteiger charge is 2.20. The van der Waals surface area contributed by atoms with Crippen molar-refractivity contribution in [2.45, 2.75) is 17.7 Å². The number of halogens is 1. The number of nitrogens with one attached hydrogen (secondary N) is 1.